The van der Waals surface area contributed by atoms with Gasteiger partial charge >= 0.3 is 0 Å². The quantitative estimate of drug-likeness (QED) is 0.429. The van der Waals surface area contributed by atoms with Crippen LogP contribution in [-0.4, -0.2) is 30.8 Å². The van der Waals surface area contributed by atoms with Gasteiger partial charge < -0.3 is 14.6 Å². The van der Waals surface area contributed by atoms with Gasteiger partial charge in [0.05, 0.1) is 18.2 Å². The van der Waals surface area contributed by atoms with Gasteiger partial charge in [-0.05, 0) is 41.8 Å². The molecule has 0 aliphatic heterocycles. The SMILES string of the molecule is CC(C)(c1ccc(OCCCO)cc1)c1ccc(OCCCCl)c(Cl)c1. The summed E-state index contributed by atoms with van der Waals surface area (Å²) in [5.41, 5.74) is 2.07. The Kier molecular flexibility index (Phi) is 8.08. The van der Waals surface area contributed by atoms with Crippen LogP contribution in [0.5, 0.6) is 11.5 Å². The van der Waals surface area contributed by atoms with Crippen LogP contribution in [0.15, 0.2) is 42.5 Å². The van der Waals surface area contributed by atoms with Crippen molar-refractivity contribution in [1.82, 2.24) is 0 Å². The number of aliphatic hydroxyl groups excluding tert-OH is 1. The van der Waals surface area contributed by atoms with E-state index in [1.807, 2.05) is 30.3 Å². The molecule has 142 valence electrons. The first-order chi connectivity index (χ1) is 12.5. The van der Waals surface area contributed by atoms with E-state index in [9.17, 15) is 0 Å². The van der Waals surface area contributed by atoms with E-state index in [1.165, 1.54) is 5.56 Å². The minimum atomic E-state index is -0.206. The molecule has 0 radical (unpaired) electrons. The lowest BCUT2D eigenvalue weighted by Crippen LogP contribution is -2.19. The third kappa shape index (κ3) is 5.54. The zero-order valence-corrected chi connectivity index (χ0v) is 16.8. The Morgan fingerprint density at radius 3 is 2.19 bits per heavy atom. The first-order valence-corrected chi connectivity index (χ1v) is 9.73. The maximum atomic E-state index is 8.82. The predicted molar refractivity (Wildman–Crippen MR) is 108 cm³/mol. The van der Waals surface area contributed by atoms with Crippen LogP contribution in [0.3, 0.4) is 0 Å². The minimum absolute atomic E-state index is 0.136. The fourth-order valence-corrected chi connectivity index (χ4v) is 2.98. The third-order valence-corrected chi connectivity index (χ3v) is 4.90. The molecule has 2 aromatic rings. The van der Waals surface area contributed by atoms with Crippen molar-refractivity contribution in [2.45, 2.75) is 32.1 Å². The van der Waals surface area contributed by atoms with E-state index in [2.05, 4.69) is 26.0 Å². The number of rotatable bonds is 10. The van der Waals surface area contributed by atoms with Gasteiger partial charge in [0.2, 0.25) is 0 Å². The number of ether oxygens (including phenoxy) is 2. The number of hydrogen-bond acceptors (Lipinski definition) is 3. The summed E-state index contributed by atoms with van der Waals surface area (Å²) in [7, 11) is 0. The van der Waals surface area contributed by atoms with Gasteiger partial charge in [0.15, 0.2) is 0 Å². The summed E-state index contributed by atoms with van der Waals surface area (Å²) in [5.74, 6) is 2.06. The van der Waals surface area contributed by atoms with Crippen molar-refractivity contribution in [2.75, 3.05) is 25.7 Å². The second kappa shape index (κ2) is 10.1. The largest absolute Gasteiger partial charge is 0.494 e. The normalized spacial score (nSPS) is 11.4. The third-order valence-electron chi connectivity index (χ3n) is 4.34. The highest BCUT2D eigenvalue weighted by atomic mass is 35.5. The van der Waals surface area contributed by atoms with Crippen molar-refractivity contribution >= 4 is 23.2 Å². The zero-order chi connectivity index (χ0) is 19.0. The van der Waals surface area contributed by atoms with Crippen LogP contribution < -0.4 is 9.47 Å². The molecule has 0 saturated carbocycles. The summed E-state index contributed by atoms with van der Waals surface area (Å²) in [6.07, 6.45) is 1.42. The van der Waals surface area contributed by atoms with Gasteiger partial charge in [-0.15, -0.1) is 11.6 Å². The van der Waals surface area contributed by atoms with Crippen molar-refractivity contribution in [2.24, 2.45) is 0 Å². The molecule has 3 nitrogen and oxygen atoms in total. The van der Waals surface area contributed by atoms with E-state index in [0.29, 0.717) is 36.3 Å². The maximum absolute atomic E-state index is 8.82. The molecule has 0 aliphatic rings. The molecular weight excluding hydrogens is 371 g/mol. The first kappa shape index (κ1) is 20.9. The summed E-state index contributed by atoms with van der Waals surface area (Å²) in [6, 6.07) is 14.0. The molecule has 0 bridgehead atoms. The zero-order valence-electron chi connectivity index (χ0n) is 15.3. The molecule has 2 aromatic carbocycles. The van der Waals surface area contributed by atoms with Crippen molar-refractivity contribution in [3.63, 3.8) is 0 Å². The summed E-state index contributed by atoms with van der Waals surface area (Å²) >= 11 is 12.1. The van der Waals surface area contributed by atoms with Crippen molar-refractivity contribution in [3.8, 4) is 11.5 Å². The molecule has 0 amide bonds. The summed E-state index contributed by atoms with van der Waals surface area (Å²) in [5, 5.41) is 9.42. The predicted octanol–water partition coefficient (Wildman–Crippen LogP) is 5.43. The molecule has 26 heavy (non-hydrogen) atoms. The van der Waals surface area contributed by atoms with E-state index < -0.39 is 0 Å². The molecule has 2 rings (SSSR count). The number of halogens is 2. The van der Waals surface area contributed by atoms with Crippen LogP contribution in [0.2, 0.25) is 5.02 Å². The summed E-state index contributed by atoms with van der Waals surface area (Å²) in [6.45, 7) is 5.53. The highest BCUT2D eigenvalue weighted by Gasteiger charge is 2.24. The van der Waals surface area contributed by atoms with Crippen LogP contribution in [0.4, 0.5) is 0 Å². The lowest BCUT2D eigenvalue weighted by molar-refractivity contribution is 0.233. The molecule has 0 aliphatic carbocycles. The van der Waals surface area contributed by atoms with Gasteiger partial charge in [-0.25, -0.2) is 0 Å². The Labute approximate surface area is 165 Å². The standard InChI is InChI=1S/C21H26Cl2O3/c1-21(2,16-5-8-18(9-6-16)25-14-4-12-24)17-7-10-20(19(23)15-17)26-13-3-11-22/h5-10,15,24H,3-4,11-14H2,1-2H3. The molecular formula is C21H26Cl2O3. The van der Waals surface area contributed by atoms with Crippen LogP contribution in [0.25, 0.3) is 0 Å². The van der Waals surface area contributed by atoms with Gasteiger partial charge in [0, 0.05) is 24.3 Å². The highest BCUT2D eigenvalue weighted by molar-refractivity contribution is 6.32. The van der Waals surface area contributed by atoms with Gasteiger partial charge in [0.25, 0.3) is 0 Å². The molecule has 0 aromatic heterocycles. The smallest absolute Gasteiger partial charge is 0.137 e. The van der Waals surface area contributed by atoms with E-state index in [1.54, 1.807) is 0 Å². The van der Waals surface area contributed by atoms with Crippen LogP contribution >= 0.6 is 23.2 Å². The second-order valence-electron chi connectivity index (χ2n) is 6.61. The maximum Gasteiger partial charge on any atom is 0.137 e. The average molecular weight is 397 g/mol. The van der Waals surface area contributed by atoms with Crippen molar-refractivity contribution < 1.29 is 14.6 Å². The monoisotopic (exact) mass is 396 g/mol. The Bertz CT molecular complexity index is 684. The molecule has 1 N–H and O–H groups in total. The highest BCUT2D eigenvalue weighted by Crippen LogP contribution is 2.36. The Hall–Kier alpha value is -1.42. The van der Waals surface area contributed by atoms with E-state index in [0.717, 1.165) is 17.7 Å². The number of benzene rings is 2. The van der Waals surface area contributed by atoms with E-state index in [-0.39, 0.29) is 12.0 Å². The summed E-state index contributed by atoms with van der Waals surface area (Å²) < 4.78 is 11.3. The van der Waals surface area contributed by atoms with Crippen LogP contribution in [-0.2, 0) is 5.41 Å². The molecule has 0 saturated heterocycles. The van der Waals surface area contributed by atoms with Gasteiger partial charge in [-0.1, -0.05) is 43.6 Å². The van der Waals surface area contributed by atoms with Crippen LogP contribution in [0, 0.1) is 0 Å². The fourth-order valence-electron chi connectivity index (χ4n) is 2.63. The average Bonchev–Trinajstić information content (AvgIpc) is 2.64. The number of aliphatic hydroxyl groups is 1. The number of hydrogen-bond donors (Lipinski definition) is 1. The van der Waals surface area contributed by atoms with Crippen molar-refractivity contribution in [1.29, 1.82) is 0 Å². The number of alkyl halides is 1. The Morgan fingerprint density at radius 1 is 0.923 bits per heavy atom. The van der Waals surface area contributed by atoms with Crippen molar-refractivity contribution in [3.05, 3.63) is 58.6 Å². The Balaban J connectivity index is 2.12. The minimum Gasteiger partial charge on any atom is -0.494 e. The molecule has 0 heterocycles. The van der Waals surface area contributed by atoms with Gasteiger partial charge in [-0.3, -0.25) is 0 Å². The molecule has 0 unspecified atom stereocenters. The van der Waals surface area contributed by atoms with E-state index in [4.69, 9.17) is 37.8 Å². The topological polar surface area (TPSA) is 38.7 Å². The van der Waals surface area contributed by atoms with E-state index >= 15 is 0 Å². The molecule has 0 spiro atoms. The summed E-state index contributed by atoms with van der Waals surface area (Å²) in [4.78, 5) is 0. The lowest BCUT2D eigenvalue weighted by atomic mass is 9.78. The fraction of sp³-hybridized carbons (Fsp3) is 0.429. The lowest BCUT2D eigenvalue weighted by Gasteiger charge is -2.27. The molecule has 0 fully saturated rings. The molecule has 5 heteroatoms. The molecule has 0 atom stereocenters. The second-order valence-corrected chi connectivity index (χ2v) is 7.40. The van der Waals surface area contributed by atoms with Crippen LogP contribution in [0.1, 0.15) is 37.8 Å². The van der Waals surface area contributed by atoms with Gasteiger partial charge in [-0.2, -0.15) is 0 Å². The Morgan fingerprint density at radius 2 is 1.58 bits per heavy atom. The first-order valence-electron chi connectivity index (χ1n) is 8.82. The van der Waals surface area contributed by atoms with Gasteiger partial charge in [0.1, 0.15) is 11.5 Å².